The van der Waals surface area contributed by atoms with Gasteiger partial charge in [-0.25, -0.2) is 0 Å². The van der Waals surface area contributed by atoms with Crippen LogP contribution in [0.3, 0.4) is 0 Å². The molecule has 0 bridgehead atoms. The predicted octanol–water partition coefficient (Wildman–Crippen LogP) is 1.17. The van der Waals surface area contributed by atoms with Gasteiger partial charge in [0.1, 0.15) is 5.75 Å². The maximum absolute atomic E-state index is 12.4. The van der Waals surface area contributed by atoms with E-state index >= 15 is 0 Å². The number of rotatable bonds is 8. The fraction of sp³-hybridized carbons (Fsp3) is 0.467. The van der Waals surface area contributed by atoms with E-state index in [0.29, 0.717) is 24.4 Å². The van der Waals surface area contributed by atoms with Crippen molar-refractivity contribution in [1.82, 2.24) is 9.80 Å². The van der Waals surface area contributed by atoms with Crippen LogP contribution in [-0.4, -0.2) is 67.6 Å². The number of amides is 1. The Morgan fingerprint density at radius 2 is 1.71 bits per heavy atom. The van der Waals surface area contributed by atoms with Crippen LogP contribution in [0.1, 0.15) is 16.8 Å². The lowest BCUT2D eigenvalue weighted by molar-refractivity contribution is -0.137. The van der Waals surface area contributed by atoms with Gasteiger partial charge in [-0.2, -0.15) is 0 Å². The number of aliphatic carboxylic acids is 1. The third kappa shape index (κ3) is 5.83. The highest BCUT2D eigenvalue weighted by atomic mass is 16.5. The van der Waals surface area contributed by atoms with E-state index < -0.39 is 5.97 Å². The zero-order chi connectivity index (χ0) is 15.8. The number of hydrogen-bond donors (Lipinski definition) is 1. The molecule has 116 valence electrons. The maximum Gasteiger partial charge on any atom is 0.305 e. The summed E-state index contributed by atoms with van der Waals surface area (Å²) < 4.78 is 5.06. The van der Waals surface area contributed by atoms with Gasteiger partial charge in [0.15, 0.2) is 0 Å². The molecule has 0 aliphatic heterocycles. The largest absolute Gasteiger partial charge is 0.497 e. The number of likely N-dealkylation sites (N-methyl/N-ethyl adjacent to an activating group) is 1. The van der Waals surface area contributed by atoms with Crippen LogP contribution >= 0.6 is 0 Å². The maximum atomic E-state index is 12.4. The molecule has 0 atom stereocenters. The van der Waals surface area contributed by atoms with Crippen LogP contribution in [-0.2, 0) is 4.79 Å². The third-order valence-corrected chi connectivity index (χ3v) is 3.04. The zero-order valence-corrected chi connectivity index (χ0v) is 12.7. The number of nitrogens with zero attached hydrogens (tertiary/aromatic N) is 2. The summed E-state index contributed by atoms with van der Waals surface area (Å²) in [5.41, 5.74) is 0.528. The zero-order valence-electron chi connectivity index (χ0n) is 12.7. The summed E-state index contributed by atoms with van der Waals surface area (Å²) in [5.74, 6) is -0.398. The smallest absolute Gasteiger partial charge is 0.305 e. The molecule has 0 aliphatic rings. The molecule has 0 unspecified atom stereocenters. The first-order valence-electron chi connectivity index (χ1n) is 6.74. The van der Waals surface area contributed by atoms with Gasteiger partial charge in [-0.1, -0.05) is 0 Å². The van der Waals surface area contributed by atoms with Crippen molar-refractivity contribution in [3.63, 3.8) is 0 Å². The Hall–Kier alpha value is -2.08. The van der Waals surface area contributed by atoms with Gasteiger partial charge < -0.3 is 19.6 Å². The number of benzene rings is 1. The van der Waals surface area contributed by atoms with Crippen molar-refractivity contribution in [1.29, 1.82) is 0 Å². The Morgan fingerprint density at radius 3 is 2.19 bits per heavy atom. The average molecular weight is 294 g/mol. The van der Waals surface area contributed by atoms with Crippen molar-refractivity contribution in [2.75, 3.05) is 40.8 Å². The van der Waals surface area contributed by atoms with E-state index in [-0.39, 0.29) is 18.9 Å². The minimum atomic E-state index is -0.910. The van der Waals surface area contributed by atoms with Crippen LogP contribution in [0, 0.1) is 0 Å². The Labute approximate surface area is 124 Å². The molecule has 6 heteroatoms. The topological polar surface area (TPSA) is 70.1 Å². The number of carbonyl (C=O) groups excluding carboxylic acids is 1. The summed E-state index contributed by atoms with van der Waals surface area (Å²) in [7, 11) is 5.38. The number of carboxylic acids is 1. The molecule has 1 aromatic rings. The predicted molar refractivity (Wildman–Crippen MR) is 79.7 cm³/mol. The Morgan fingerprint density at radius 1 is 1.10 bits per heavy atom. The lowest BCUT2D eigenvalue weighted by Crippen LogP contribution is -2.38. The molecule has 0 spiro atoms. The first-order chi connectivity index (χ1) is 9.93. The SMILES string of the molecule is COc1ccc(C(=O)N(CCC(=O)O)CCN(C)C)cc1. The van der Waals surface area contributed by atoms with E-state index in [1.54, 1.807) is 36.3 Å². The molecule has 0 heterocycles. The molecule has 1 rings (SSSR count). The Balaban J connectivity index is 2.78. The highest BCUT2D eigenvalue weighted by Crippen LogP contribution is 2.13. The van der Waals surface area contributed by atoms with Gasteiger partial charge in [-0.3, -0.25) is 9.59 Å². The molecule has 0 saturated heterocycles. The summed E-state index contributed by atoms with van der Waals surface area (Å²) >= 11 is 0. The summed E-state index contributed by atoms with van der Waals surface area (Å²) in [5, 5.41) is 8.80. The van der Waals surface area contributed by atoms with Gasteiger partial charge in [-0.05, 0) is 38.4 Å². The molecule has 0 radical (unpaired) electrons. The van der Waals surface area contributed by atoms with Gasteiger partial charge >= 0.3 is 5.97 Å². The van der Waals surface area contributed by atoms with Gasteiger partial charge in [0.05, 0.1) is 13.5 Å². The minimum Gasteiger partial charge on any atom is -0.497 e. The molecule has 0 aromatic heterocycles. The van der Waals surface area contributed by atoms with Crippen molar-refractivity contribution < 1.29 is 19.4 Å². The van der Waals surface area contributed by atoms with Crippen LogP contribution < -0.4 is 4.74 Å². The van der Waals surface area contributed by atoms with Gasteiger partial charge in [-0.15, -0.1) is 0 Å². The average Bonchev–Trinajstić information content (AvgIpc) is 2.46. The van der Waals surface area contributed by atoms with Crippen LogP contribution in [0.2, 0.25) is 0 Å². The molecule has 1 aromatic carbocycles. The quantitative estimate of drug-likeness (QED) is 0.779. The van der Waals surface area contributed by atoms with Crippen LogP contribution in [0.15, 0.2) is 24.3 Å². The first-order valence-corrected chi connectivity index (χ1v) is 6.74. The fourth-order valence-electron chi connectivity index (χ4n) is 1.78. The molecule has 0 aliphatic carbocycles. The number of methoxy groups -OCH3 is 1. The molecule has 1 N–H and O–H groups in total. The van der Waals surface area contributed by atoms with Crippen molar-refractivity contribution in [2.24, 2.45) is 0 Å². The van der Waals surface area contributed by atoms with E-state index in [4.69, 9.17) is 9.84 Å². The van der Waals surface area contributed by atoms with Crippen molar-refractivity contribution in [3.8, 4) is 5.75 Å². The molecule has 6 nitrogen and oxygen atoms in total. The van der Waals surface area contributed by atoms with Crippen LogP contribution in [0.4, 0.5) is 0 Å². The second-order valence-corrected chi connectivity index (χ2v) is 4.97. The standard InChI is InChI=1S/C15H22N2O4/c1-16(2)10-11-17(9-8-14(18)19)15(20)12-4-6-13(21-3)7-5-12/h4-7H,8-11H2,1-3H3,(H,18,19). The molecule has 0 fully saturated rings. The monoisotopic (exact) mass is 294 g/mol. The summed E-state index contributed by atoms with van der Waals surface area (Å²) in [6.07, 6.45) is -0.0602. The fourth-order valence-corrected chi connectivity index (χ4v) is 1.78. The van der Waals surface area contributed by atoms with Gasteiger partial charge in [0.2, 0.25) is 0 Å². The molecular weight excluding hydrogens is 272 g/mol. The van der Waals surface area contributed by atoms with Crippen molar-refractivity contribution >= 4 is 11.9 Å². The van der Waals surface area contributed by atoms with E-state index in [0.717, 1.165) is 0 Å². The second kappa shape index (κ2) is 8.26. The van der Waals surface area contributed by atoms with Crippen molar-refractivity contribution in [2.45, 2.75) is 6.42 Å². The molecule has 0 saturated carbocycles. The highest BCUT2D eigenvalue weighted by molar-refractivity contribution is 5.94. The van der Waals surface area contributed by atoms with Gasteiger partial charge in [0, 0.05) is 25.2 Å². The summed E-state index contributed by atoms with van der Waals surface area (Å²) in [4.78, 5) is 26.7. The lowest BCUT2D eigenvalue weighted by atomic mass is 10.2. The summed E-state index contributed by atoms with van der Waals surface area (Å²) in [6.45, 7) is 1.38. The first kappa shape index (κ1) is 17.0. The number of ether oxygens (including phenoxy) is 1. The molecule has 21 heavy (non-hydrogen) atoms. The van der Waals surface area contributed by atoms with Crippen LogP contribution in [0.25, 0.3) is 0 Å². The van der Waals surface area contributed by atoms with E-state index in [1.807, 2.05) is 19.0 Å². The second-order valence-electron chi connectivity index (χ2n) is 4.97. The van der Waals surface area contributed by atoms with E-state index in [2.05, 4.69) is 0 Å². The van der Waals surface area contributed by atoms with Crippen LogP contribution in [0.5, 0.6) is 5.75 Å². The lowest BCUT2D eigenvalue weighted by Gasteiger charge is -2.24. The van der Waals surface area contributed by atoms with E-state index in [1.165, 1.54) is 0 Å². The highest BCUT2D eigenvalue weighted by Gasteiger charge is 2.17. The minimum absolute atomic E-state index is 0.0602. The van der Waals surface area contributed by atoms with Gasteiger partial charge in [0.25, 0.3) is 5.91 Å². The molecular formula is C15H22N2O4. The number of carbonyl (C=O) groups is 2. The number of hydrogen-bond acceptors (Lipinski definition) is 4. The normalized spacial score (nSPS) is 10.5. The molecule has 1 amide bonds. The number of carboxylic acid groups (broad SMARTS) is 1. The van der Waals surface area contributed by atoms with Crippen molar-refractivity contribution in [3.05, 3.63) is 29.8 Å². The summed E-state index contributed by atoms with van der Waals surface area (Å²) in [6, 6.07) is 6.80. The third-order valence-electron chi connectivity index (χ3n) is 3.04. The Kier molecular flexibility index (Phi) is 6.68. The Bertz CT molecular complexity index is 471. The van der Waals surface area contributed by atoms with E-state index in [9.17, 15) is 9.59 Å².